The number of amides is 3. The Hall–Kier alpha value is -3.15. The second-order valence-corrected chi connectivity index (χ2v) is 8.84. The van der Waals surface area contributed by atoms with Crippen LogP contribution in [-0.4, -0.2) is 71.2 Å². The lowest BCUT2D eigenvalue weighted by Crippen LogP contribution is -2.69. The molecule has 4 rings (SSSR count). The Morgan fingerprint density at radius 1 is 0.935 bits per heavy atom. The van der Waals surface area contributed by atoms with E-state index in [1.165, 1.54) is 0 Å². The standard InChI is InChI=1S/C25H29N3O3/c1-17(2)15-21-25(31)28-14-13-27(16-22(28)24(30)26(21)3)23(29)20-11-9-19(10-12-20)18-7-5-4-6-8-18/h4-12,17,21-22H,13-16H2,1-3H3/t21-,22+/m0/s1. The zero-order chi connectivity index (χ0) is 22.1. The molecule has 0 saturated carbocycles. The molecule has 2 aliphatic heterocycles. The van der Waals surface area contributed by atoms with E-state index in [1.807, 2.05) is 54.6 Å². The first-order valence-electron chi connectivity index (χ1n) is 10.9. The van der Waals surface area contributed by atoms with Gasteiger partial charge in [-0.2, -0.15) is 0 Å². The summed E-state index contributed by atoms with van der Waals surface area (Å²) in [5.74, 6) is 0.135. The molecule has 0 radical (unpaired) electrons. The molecule has 0 aromatic heterocycles. The Morgan fingerprint density at radius 2 is 1.58 bits per heavy atom. The molecule has 2 aromatic rings. The monoisotopic (exact) mass is 419 g/mol. The van der Waals surface area contributed by atoms with Gasteiger partial charge in [0.25, 0.3) is 5.91 Å². The lowest BCUT2D eigenvalue weighted by Gasteiger charge is -2.48. The minimum atomic E-state index is -0.595. The van der Waals surface area contributed by atoms with Crippen molar-refractivity contribution in [1.82, 2.24) is 14.7 Å². The molecule has 2 atom stereocenters. The van der Waals surface area contributed by atoms with E-state index in [-0.39, 0.29) is 24.3 Å². The molecule has 2 aromatic carbocycles. The highest BCUT2D eigenvalue weighted by Gasteiger charge is 2.47. The number of piperazine rings is 2. The second-order valence-electron chi connectivity index (χ2n) is 8.84. The molecule has 2 fully saturated rings. The van der Waals surface area contributed by atoms with Gasteiger partial charge >= 0.3 is 0 Å². The quantitative estimate of drug-likeness (QED) is 0.766. The van der Waals surface area contributed by atoms with E-state index >= 15 is 0 Å². The lowest BCUT2D eigenvalue weighted by atomic mass is 9.95. The second kappa shape index (κ2) is 8.53. The van der Waals surface area contributed by atoms with Gasteiger partial charge in [-0.25, -0.2) is 0 Å². The van der Waals surface area contributed by atoms with Gasteiger partial charge in [0.05, 0.1) is 6.54 Å². The third-order valence-electron chi connectivity index (χ3n) is 6.27. The SMILES string of the molecule is CC(C)C[C@H]1C(=O)N2CCN(C(=O)c3ccc(-c4ccccc4)cc3)C[C@@H]2C(=O)N1C. The van der Waals surface area contributed by atoms with Crippen LogP contribution in [0.25, 0.3) is 11.1 Å². The molecule has 0 spiro atoms. The Kier molecular flexibility index (Phi) is 5.81. The third-order valence-corrected chi connectivity index (χ3v) is 6.27. The van der Waals surface area contributed by atoms with Crippen molar-refractivity contribution in [3.63, 3.8) is 0 Å². The summed E-state index contributed by atoms with van der Waals surface area (Å²) >= 11 is 0. The number of hydrogen-bond acceptors (Lipinski definition) is 3. The first-order chi connectivity index (χ1) is 14.9. The predicted molar refractivity (Wildman–Crippen MR) is 119 cm³/mol. The number of benzene rings is 2. The maximum Gasteiger partial charge on any atom is 0.253 e. The molecule has 162 valence electrons. The molecule has 0 unspecified atom stereocenters. The number of nitrogens with zero attached hydrogens (tertiary/aromatic N) is 3. The smallest absolute Gasteiger partial charge is 0.253 e. The van der Waals surface area contributed by atoms with Gasteiger partial charge in [-0.1, -0.05) is 56.3 Å². The topological polar surface area (TPSA) is 60.9 Å². The van der Waals surface area contributed by atoms with Gasteiger partial charge in [0.15, 0.2) is 0 Å². The lowest BCUT2D eigenvalue weighted by molar-refractivity contribution is -0.163. The number of hydrogen-bond donors (Lipinski definition) is 0. The van der Waals surface area contributed by atoms with E-state index < -0.39 is 12.1 Å². The van der Waals surface area contributed by atoms with Gasteiger partial charge in [-0.15, -0.1) is 0 Å². The van der Waals surface area contributed by atoms with Crippen LogP contribution in [0.3, 0.4) is 0 Å². The Morgan fingerprint density at radius 3 is 2.23 bits per heavy atom. The van der Waals surface area contributed by atoms with Crippen molar-refractivity contribution in [2.75, 3.05) is 26.7 Å². The van der Waals surface area contributed by atoms with E-state index in [4.69, 9.17) is 0 Å². The summed E-state index contributed by atoms with van der Waals surface area (Å²) in [7, 11) is 1.70. The summed E-state index contributed by atoms with van der Waals surface area (Å²) in [4.78, 5) is 44.0. The minimum absolute atomic E-state index is 0.000105. The van der Waals surface area contributed by atoms with E-state index in [2.05, 4.69) is 13.8 Å². The van der Waals surface area contributed by atoms with Crippen molar-refractivity contribution in [3.8, 4) is 11.1 Å². The van der Waals surface area contributed by atoms with Crippen LogP contribution < -0.4 is 0 Å². The zero-order valence-electron chi connectivity index (χ0n) is 18.3. The van der Waals surface area contributed by atoms with E-state index in [9.17, 15) is 14.4 Å². The molecule has 31 heavy (non-hydrogen) atoms. The van der Waals surface area contributed by atoms with Crippen LogP contribution in [0.1, 0.15) is 30.6 Å². The molecule has 6 nitrogen and oxygen atoms in total. The van der Waals surface area contributed by atoms with Crippen molar-refractivity contribution in [1.29, 1.82) is 0 Å². The number of likely N-dealkylation sites (N-methyl/N-ethyl adjacent to an activating group) is 1. The van der Waals surface area contributed by atoms with Gasteiger partial charge in [-0.3, -0.25) is 14.4 Å². The number of rotatable bonds is 4. The van der Waals surface area contributed by atoms with Crippen LogP contribution in [-0.2, 0) is 9.59 Å². The molecule has 0 bridgehead atoms. The van der Waals surface area contributed by atoms with Gasteiger partial charge in [0.1, 0.15) is 12.1 Å². The minimum Gasteiger partial charge on any atom is -0.334 e. The summed E-state index contributed by atoms with van der Waals surface area (Å²) in [5, 5.41) is 0. The Bertz CT molecular complexity index is 971. The highest BCUT2D eigenvalue weighted by Crippen LogP contribution is 2.26. The van der Waals surface area contributed by atoms with Crippen LogP contribution in [0.15, 0.2) is 54.6 Å². The average molecular weight is 420 g/mol. The molecular formula is C25H29N3O3. The molecular weight excluding hydrogens is 390 g/mol. The number of carbonyl (C=O) groups excluding carboxylic acids is 3. The summed E-state index contributed by atoms with van der Waals surface area (Å²) in [6.07, 6.45) is 0.653. The van der Waals surface area contributed by atoms with Crippen molar-refractivity contribution in [3.05, 3.63) is 60.2 Å². The predicted octanol–water partition coefficient (Wildman–Crippen LogP) is 2.89. The highest BCUT2D eigenvalue weighted by molar-refractivity contribution is 5.99. The summed E-state index contributed by atoms with van der Waals surface area (Å²) in [5.41, 5.74) is 2.74. The zero-order valence-corrected chi connectivity index (χ0v) is 18.3. The average Bonchev–Trinajstić information content (AvgIpc) is 2.80. The summed E-state index contributed by atoms with van der Waals surface area (Å²) < 4.78 is 0. The summed E-state index contributed by atoms with van der Waals surface area (Å²) in [6, 6.07) is 16.6. The van der Waals surface area contributed by atoms with Crippen molar-refractivity contribution < 1.29 is 14.4 Å². The molecule has 0 N–H and O–H groups in total. The van der Waals surface area contributed by atoms with Crippen LogP contribution in [0.5, 0.6) is 0 Å². The molecule has 2 heterocycles. The van der Waals surface area contributed by atoms with E-state index in [0.29, 0.717) is 31.0 Å². The maximum absolute atomic E-state index is 13.1. The van der Waals surface area contributed by atoms with Crippen LogP contribution in [0.2, 0.25) is 0 Å². The van der Waals surface area contributed by atoms with Crippen molar-refractivity contribution >= 4 is 17.7 Å². The van der Waals surface area contributed by atoms with E-state index in [1.54, 1.807) is 21.7 Å². The van der Waals surface area contributed by atoms with E-state index in [0.717, 1.165) is 11.1 Å². The fourth-order valence-electron chi connectivity index (χ4n) is 4.51. The highest BCUT2D eigenvalue weighted by atomic mass is 16.2. The summed E-state index contributed by atoms with van der Waals surface area (Å²) in [6.45, 7) is 5.18. The fraction of sp³-hybridized carbons (Fsp3) is 0.400. The normalized spacial score (nSPS) is 21.5. The first kappa shape index (κ1) is 21.1. The Labute approximate surface area is 183 Å². The van der Waals surface area contributed by atoms with Crippen LogP contribution in [0.4, 0.5) is 0 Å². The number of fused-ring (bicyclic) bond motifs is 1. The van der Waals surface area contributed by atoms with Gasteiger partial charge in [0.2, 0.25) is 11.8 Å². The molecule has 0 aliphatic carbocycles. The molecule has 6 heteroatoms. The Balaban J connectivity index is 1.47. The number of carbonyl (C=O) groups is 3. The van der Waals surface area contributed by atoms with Crippen molar-refractivity contribution in [2.45, 2.75) is 32.4 Å². The first-order valence-corrected chi connectivity index (χ1v) is 10.9. The van der Waals surface area contributed by atoms with Gasteiger partial charge < -0.3 is 14.7 Å². The van der Waals surface area contributed by atoms with Gasteiger partial charge in [-0.05, 0) is 35.6 Å². The largest absolute Gasteiger partial charge is 0.334 e. The van der Waals surface area contributed by atoms with Crippen LogP contribution in [0, 0.1) is 5.92 Å². The maximum atomic E-state index is 13.1. The molecule has 3 amide bonds. The van der Waals surface area contributed by atoms with Crippen molar-refractivity contribution in [2.24, 2.45) is 5.92 Å². The molecule has 2 saturated heterocycles. The van der Waals surface area contributed by atoms with Crippen LogP contribution >= 0.6 is 0 Å². The fourth-order valence-corrected chi connectivity index (χ4v) is 4.51. The third kappa shape index (κ3) is 4.07. The molecule has 2 aliphatic rings. The van der Waals surface area contributed by atoms with Gasteiger partial charge in [0, 0.05) is 25.7 Å².